The molecule has 0 aliphatic heterocycles. The Labute approximate surface area is 183 Å². The van der Waals surface area contributed by atoms with E-state index in [0.717, 1.165) is 33.5 Å². The number of carbonyl (C=O) groups excluding carboxylic acids is 1. The van der Waals surface area contributed by atoms with Crippen molar-refractivity contribution in [1.29, 1.82) is 0 Å². The molecule has 32 heavy (non-hydrogen) atoms. The summed E-state index contributed by atoms with van der Waals surface area (Å²) in [6, 6.07) is 22.1. The van der Waals surface area contributed by atoms with Crippen molar-refractivity contribution in [2.24, 2.45) is 0 Å². The third-order valence-electron chi connectivity index (χ3n) is 4.97. The molecular weight excluding hydrogens is 412 g/mol. The molecule has 3 aromatic carbocycles. The van der Waals surface area contributed by atoms with Gasteiger partial charge in [0.05, 0.1) is 5.69 Å². The maximum atomic E-state index is 13.4. The average Bonchev–Trinajstić information content (AvgIpc) is 2.79. The molecule has 0 spiro atoms. The molecule has 0 saturated carbocycles. The zero-order chi connectivity index (χ0) is 22.7. The Hall–Kier alpha value is -4.13. The SMILES string of the molecule is CC(C(=O)Nc1cc(F)cc(F)c1)n1nc(-c2cccc(-c3ccccc3)c2)ccc1=O. The van der Waals surface area contributed by atoms with Gasteiger partial charge in [0.2, 0.25) is 5.91 Å². The summed E-state index contributed by atoms with van der Waals surface area (Å²) in [6.07, 6.45) is 0. The standard InChI is InChI=1S/C25H19F2N3O2/c1-16(25(32)28-22-14-20(26)13-21(27)15-22)30-24(31)11-10-23(29-30)19-9-5-8-18(12-19)17-6-3-2-4-7-17/h2-16H,1H3,(H,28,32). The van der Waals surface area contributed by atoms with Crippen molar-refractivity contribution in [1.82, 2.24) is 9.78 Å². The number of amides is 1. The maximum Gasteiger partial charge on any atom is 0.267 e. The lowest BCUT2D eigenvalue weighted by Gasteiger charge is -2.15. The summed E-state index contributed by atoms with van der Waals surface area (Å²) in [5.74, 6) is -2.26. The number of aromatic nitrogens is 2. The summed E-state index contributed by atoms with van der Waals surface area (Å²) in [4.78, 5) is 25.0. The number of nitrogens with zero attached hydrogens (tertiary/aromatic N) is 2. The number of halogens is 2. The lowest BCUT2D eigenvalue weighted by molar-refractivity contribution is -0.119. The van der Waals surface area contributed by atoms with Crippen LogP contribution in [0.15, 0.2) is 89.7 Å². The Bertz CT molecular complexity index is 1320. The van der Waals surface area contributed by atoms with Gasteiger partial charge in [0.25, 0.3) is 5.56 Å². The molecule has 1 amide bonds. The molecule has 1 N–H and O–H groups in total. The normalized spacial score (nSPS) is 11.7. The van der Waals surface area contributed by atoms with Crippen LogP contribution >= 0.6 is 0 Å². The van der Waals surface area contributed by atoms with Crippen LogP contribution in [0.2, 0.25) is 0 Å². The summed E-state index contributed by atoms with van der Waals surface area (Å²) in [7, 11) is 0. The topological polar surface area (TPSA) is 64.0 Å². The van der Waals surface area contributed by atoms with E-state index in [1.165, 1.54) is 13.0 Å². The molecule has 1 heterocycles. The Balaban J connectivity index is 1.63. The first kappa shape index (κ1) is 21.1. The van der Waals surface area contributed by atoms with Crippen LogP contribution in [0.3, 0.4) is 0 Å². The highest BCUT2D eigenvalue weighted by molar-refractivity contribution is 5.93. The lowest BCUT2D eigenvalue weighted by Crippen LogP contribution is -2.33. The molecule has 0 radical (unpaired) electrons. The van der Waals surface area contributed by atoms with Crippen LogP contribution in [0, 0.1) is 11.6 Å². The van der Waals surface area contributed by atoms with E-state index in [1.807, 2.05) is 54.6 Å². The number of nitrogens with one attached hydrogen (secondary N) is 1. The predicted octanol–water partition coefficient (Wildman–Crippen LogP) is 5.06. The Kier molecular flexibility index (Phi) is 5.89. The van der Waals surface area contributed by atoms with E-state index < -0.39 is 29.1 Å². The predicted molar refractivity (Wildman–Crippen MR) is 119 cm³/mol. The molecule has 160 valence electrons. The zero-order valence-corrected chi connectivity index (χ0v) is 17.1. The van der Waals surface area contributed by atoms with Gasteiger partial charge in [-0.15, -0.1) is 0 Å². The van der Waals surface area contributed by atoms with Gasteiger partial charge in [-0.2, -0.15) is 5.10 Å². The first-order valence-electron chi connectivity index (χ1n) is 9.93. The van der Waals surface area contributed by atoms with Gasteiger partial charge in [0.1, 0.15) is 17.7 Å². The molecule has 0 bridgehead atoms. The van der Waals surface area contributed by atoms with E-state index in [1.54, 1.807) is 6.07 Å². The van der Waals surface area contributed by atoms with Crippen molar-refractivity contribution in [3.8, 4) is 22.4 Å². The third-order valence-corrected chi connectivity index (χ3v) is 4.97. The second-order valence-electron chi connectivity index (χ2n) is 7.27. The van der Waals surface area contributed by atoms with Crippen molar-refractivity contribution in [2.45, 2.75) is 13.0 Å². The van der Waals surface area contributed by atoms with Crippen LogP contribution in [-0.4, -0.2) is 15.7 Å². The molecule has 0 fully saturated rings. The van der Waals surface area contributed by atoms with E-state index in [9.17, 15) is 18.4 Å². The van der Waals surface area contributed by atoms with Crippen LogP contribution < -0.4 is 10.9 Å². The molecule has 4 aromatic rings. The van der Waals surface area contributed by atoms with Crippen LogP contribution in [-0.2, 0) is 4.79 Å². The van der Waals surface area contributed by atoms with Gasteiger partial charge in [0.15, 0.2) is 0 Å². The van der Waals surface area contributed by atoms with Gasteiger partial charge in [-0.25, -0.2) is 13.5 Å². The number of hydrogen-bond acceptors (Lipinski definition) is 3. The van der Waals surface area contributed by atoms with Crippen molar-refractivity contribution in [3.63, 3.8) is 0 Å². The maximum absolute atomic E-state index is 13.4. The summed E-state index contributed by atoms with van der Waals surface area (Å²) in [6.45, 7) is 1.49. The molecule has 0 saturated heterocycles. The average molecular weight is 431 g/mol. The van der Waals surface area contributed by atoms with Crippen molar-refractivity contribution < 1.29 is 13.6 Å². The highest BCUT2D eigenvalue weighted by Crippen LogP contribution is 2.25. The van der Waals surface area contributed by atoms with E-state index in [0.29, 0.717) is 11.8 Å². The molecule has 7 heteroatoms. The number of rotatable bonds is 5. The van der Waals surface area contributed by atoms with Gasteiger partial charge in [-0.05, 0) is 42.3 Å². The van der Waals surface area contributed by atoms with Gasteiger partial charge in [0, 0.05) is 23.4 Å². The summed E-state index contributed by atoms with van der Waals surface area (Å²) >= 11 is 0. The van der Waals surface area contributed by atoms with Crippen LogP contribution in [0.25, 0.3) is 22.4 Å². The highest BCUT2D eigenvalue weighted by atomic mass is 19.1. The van der Waals surface area contributed by atoms with Gasteiger partial charge in [-0.3, -0.25) is 9.59 Å². The second-order valence-corrected chi connectivity index (χ2v) is 7.27. The van der Waals surface area contributed by atoms with Crippen LogP contribution in [0.5, 0.6) is 0 Å². The summed E-state index contributed by atoms with van der Waals surface area (Å²) in [5.41, 5.74) is 2.80. The molecule has 5 nitrogen and oxygen atoms in total. The smallest absolute Gasteiger partial charge is 0.267 e. The monoisotopic (exact) mass is 431 g/mol. The van der Waals surface area contributed by atoms with Crippen LogP contribution in [0.4, 0.5) is 14.5 Å². The number of hydrogen-bond donors (Lipinski definition) is 1. The minimum Gasteiger partial charge on any atom is -0.324 e. The fourth-order valence-corrected chi connectivity index (χ4v) is 3.33. The Morgan fingerprint density at radius 3 is 2.22 bits per heavy atom. The van der Waals surface area contributed by atoms with Gasteiger partial charge >= 0.3 is 0 Å². The molecular formula is C25H19F2N3O2. The number of benzene rings is 3. The summed E-state index contributed by atoms with van der Waals surface area (Å²) in [5, 5.41) is 6.79. The Morgan fingerprint density at radius 1 is 0.844 bits per heavy atom. The van der Waals surface area contributed by atoms with Crippen molar-refractivity contribution >= 4 is 11.6 Å². The minimum absolute atomic E-state index is 0.0425. The number of carbonyl (C=O) groups is 1. The van der Waals surface area contributed by atoms with Gasteiger partial charge in [-0.1, -0.05) is 48.5 Å². The number of anilines is 1. The quantitative estimate of drug-likeness (QED) is 0.481. The molecule has 1 unspecified atom stereocenters. The molecule has 1 atom stereocenters. The zero-order valence-electron chi connectivity index (χ0n) is 17.1. The van der Waals surface area contributed by atoms with Crippen molar-refractivity contribution in [3.05, 3.63) is 107 Å². The van der Waals surface area contributed by atoms with E-state index in [-0.39, 0.29) is 5.69 Å². The van der Waals surface area contributed by atoms with E-state index >= 15 is 0 Å². The van der Waals surface area contributed by atoms with E-state index in [2.05, 4.69) is 10.4 Å². The molecule has 1 aromatic heterocycles. The summed E-state index contributed by atoms with van der Waals surface area (Å²) < 4.78 is 27.9. The van der Waals surface area contributed by atoms with Crippen LogP contribution in [0.1, 0.15) is 13.0 Å². The largest absolute Gasteiger partial charge is 0.324 e. The first-order valence-corrected chi connectivity index (χ1v) is 9.93. The third kappa shape index (κ3) is 4.62. The molecule has 0 aliphatic rings. The minimum atomic E-state index is -1.01. The van der Waals surface area contributed by atoms with Crippen molar-refractivity contribution in [2.75, 3.05) is 5.32 Å². The second kappa shape index (κ2) is 8.93. The molecule has 0 aliphatic carbocycles. The lowest BCUT2D eigenvalue weighted by atomic mass is 10.0. The molecule has 4 rings (SSSR count). The fourth-order valence-electron chi connectivity index (χ4n) is 3.33. The first-order chi connectivity index (χ1) is 15.4. The fraction of sp³-hybridized carbons (Fsp3) is 0.0800. The van der Waals surface area contributed by atoms with E-state index in [4.69, 9.17) is 0 Å². The Morgan fingerprint density at radius 2 is 1.50 bits per heavy atom. The van der Waals surface area contributed by atoms with Gasteiger partial charge < -0.3 is 5.32 Å². The highest BCUT2D eigenvalue weighted by Gasteiger charge is 2.19.